The number of carboxylic acids is 2. The average molecular weight is 559 g/mol. The van der Waals surface area contributed by atoms with Gasteiger partial charge in [0, 0.05) is 22.4 Å². The van der Waals surface area contributed by atoms with E-state index >= 15 is 0 Å². The van der Waals surface area contributed by atoms with Gasteiger partial charge in [0.1, 0.15) is 6.04 Å². The molecular formula is C18H13BrF6N4O5. The number of rotatable bonds is 3. The van der Waals surface area contributed by atoms with Gasteiger partial charge in [0.15, 0.2) is 0 Å². The Bertz CT molecular complexity index is 1050. The first-order valence-corrected chi connectivity index (χ1v) is 9.27. The molecule has 1 unspecified atom stereocenters. The lowest BCUT2D eigenvalue weighted by Crippen LogP contribution is -2.21. The van der Waals surface area contributed by atoms with Crippen LogP contribution in [0.2, 0.25) is 0 Å². The highest BCUT2D eigenvalue weighted by atomic mass is 79.9. The van der Waals surface area contributed by atoms with Crippen molar-refractivity contribution < 1.29 is 50.7 Å². The van der Waals surface area contributed by atoms with Crippen molar-refractivity contribution in [2.45, 2.75) is 18.4 Å². The molecule has 0 spiro atoms. The Labute approximate surface area is 194 Å². The second-order valence-electron chi connectivity index (χ2n) is 5.83. The van der Waals surface area contributed by atoms with E-state index in [2.05, 4.69) is 31.1 Å². The highest BCUT2D eigenvalue weighted by molar-refractivity contribution is 9.10. The summed E-state index contributed by atoms with van der Waals surface area (Å²) >= 11 is 3.39. The second kappa shape index (κ2) is 12.1. The molecular weight excluding hydrogens is 546 g/mol. The average Bonchev–Trinajstić information content (AvgIpc) is 3.24. The number of alkyl halides is 6. The zero-order valence-corrected chi connectivity index (χ0v) is 18.0. The van der Waals surface area contributed by atoms with Gasteiger partial charge in [-0.05, 0) is 29.8 Å². The van der Waals surface area contributed by atoms with E-state index in [1.807, 2.05) is 36.4 Å². The molecule has 0 aliphatic carbocycles. The van der Waals surface area contributed by atoms with Crippen molar-refractivity contribution in [1.29, 1.82) is 0 Å². The molecule has 9 nitrogen and oxygen atoms in total. The summed E-state index contributed by atoms with van der Waals surface area (Å²) in [6.45, 7) is 0. The van der Waals surface area contributed by atoms with Crippen molar-refractivity contribution in [1.82, 2.24) is 15.1 Å². The van der Waals surface area contributed by atoms with E-state index in [0.717, 1.165) is 15.6 Å². The Hall–Kier alpha value is -3.53. The van der Waals surface area contributed by atoms with Crippen LogP contribution in [0.4, 0.5) is 26.3 Å². The number of nitrogens with zero attached hydrogens (tertiary/aromatic N) is 3. The molecule has 2 aromatic heterocycles. The lowest BCUT2D eigenvalue weighted by atomic mass is 10.1. The number of nitrogens with two attached hydrogens (primary N) is 1. The number of hydrogen-bond acceptors (Lipinski definition) is 7. The summed E-state index contributed by atoms with van der Waals surface area (Å²) in [7, 11) is 0. The molecule has 16 heteroatoms. The first-order chi connectivity index (χ1) is 15.6. The number of benzene rings is 1. The minimum atomic E-state index is -5.08. The third-order valence-electron chi connectivity index (χ3n) is 3.36. The highest BCUT2D eigenvalue weighted by Crippen LogP contribution is 2.23. The fraction of sp³-hybridized carbons (Fsp3) is 0.167. The van der Waals surface area contributed by atoms with Crippen LogP contribution in [-0.2, 0) is 9.59 Å². The van der Waals surface area contributed by atoms with Crippen LogP contribution in [0.15, 0.2) is 57.8 Å². The van der Waals surface area contributed by atoms with Crippen molar-refractivity contribution >= 4 is 27.9 Å². The third-order valence-corrected chi connectivity index (χ3v) is 3.89. The van der Waals surface area contributed by atoms with E-state index in [9.17, 15) is 26.3 Å². The first-order valence-electron chi connectivity index (χ1n) is 8.48. The van der Waals surface area contributed by atoms with Crippen LogP contribution in [-0.4, -0.2) is 49.6 Å². The highest BCUT2D eigenvalue weighted by Gasteiger charge is 2.38. The van der Waals surface area contributed by atoms with Gasteiger partial charge in [0.05, 0.1) is 0 Å². The Morgan fingerprint density at radius 2 is 1.35 bits per heavy atom. The van der Waals surface area contributed by atoms with Crippen LogP contribution in [0.5, 0.6) is 0 Å². The van der Waals surface area contributed by atoms with Crippen LogP contribution in [0.3, 0.4) is 0 Å². The topological polar surface area (TPSA) is 152 Å². The predicted molar refractivity (Wildman–Crippen MR) is 105 cm³/mol. The molecule has 4 N–H and O–H groups in total. The first kappa shape index (κ1) is 28.5. The van der Waals surface area contributed by atoms with Crippen LogP contribution in [0.25, 0.3) is 11.4 Å². The lowest BCUT2D eigenvalue weighted by molar-refractivity contribution is -0.193. The Morgan fingerprint density at radius 1 is 0.912 bits per heavy atom. The minimum absolute atomic E-state index is 0.388. The zero-order chi connectivity index (χ0) is 26.1. The molecule has 34 heavy (non-hydrogen) atoms. The minimum Gasteiger partial charge on any atom is -0.475 e. The molecule has 1 atom stereocenters. The van der Waals surface area contributed by atoms with Crippen molar-refractivity contribution in [2.24, 2.45) is 5.73 Å². The van der Waals surface area contributed by atoms with E-state index in [4.69, 9.17) is 30.1 Å². The Kier molecular flexibility index (Phi) is 10.1. The van der Waals surface area contributed by atoms with Gasteiger partial charge >= 0.3 is 24.3 Å². The van der Waals surface area contributed by atoms with E-state index < -0.39 is 30.3 Å². The van der Waals surface area contributed by atoms with Gasteiger partial charge < -0.3 is 20.5 Å². The molecule has 0 saturated carbocycles. The van der Waals surface area contributed by atoms with Gasteiger partial charge in [-0.3, -0.25) is 4.98 Å². The van der Waals surface area contributed by atoms with Crippen LogP contribution < -0.4 is 5.73 Å². The number of pyridine rings is 1. The normalized spacial score (nSPS) is 11.9. The number of carboxylic acid groups (broad SMARTS) is 2. The van der Waals surface area contributed by atoms with Gasteiger partial charge in [0.2, 0.25) is 11.7 Å². The summed E-state index contributed by atoms with van der Waals surface area (Å²) in [5, 5.41) is 18.2. The van der Waals surface area contributed by atoms with Crippen molar-refractivity contribution in [3.63, 3.8) is 0 Å². The summed E-state index contributed by atoms with van der Waals surface area (Å²) in [6.07, 6.45) is -6.81. The quantitative estimate of drug-likeness (QED) is 0.401. The molecule has 3 aromatic rings. The molecule has 3 rings (SSSR count). The summed E-state index contributed by atoms with van der Waals surface area (Å²) in [5.41, 5.74) is 7.89. The maximum absolute atomic E-state index is 10.6. The van der Waals surface area contributed by atoms with Crippen LogP contribution >= 0.6 is 15.9 Å². The molecule has 2 heterocycles. The molecule has 0 fully saturated rings. The third kappa shape index (κ3) is 9.53. The molecule has 0 saturated heterocycles. The van der Waals surface area contributed by atoms with Gasteiger partial charge in [-0.2, -0.15) is 31.3 Å². The lowest BCUT2D eigenvalue weighted by Gasteiger charge is -2.06. The SMILES string of the molecule is NC(c1ccc(Br)cc1)c1nc(-c2ccncc2)no1.O=C(O)C(F)(F)F.O=C(O)C(F)(F)F. The Balaban J connectivity index is 0.000000343. The molecule has 1 aromatic carbocycles. The molecule has 184 valence electrons. The smallest absolute Gasteiger partial charge is 0.475 e. The summed E-state index contributed by atoms with van der Waals surface area (Å²) in [6, 6.07) is 10.9. The Morgan fingerprint density at radius 3 is 1.76 bits per heavy atom. The van der Waals surface area contributed by atoms with Crippen molar-refractivity contribution in [3.05, 3.63) is 64.7 Å². The fourth-order valence-electron chi connectivity index (χ4n) is 1.79. The second-order valence-corrected chi connectivity index (χ2v) is 6.74. The van der Waals surface area contributed by atoms with E-state index in [1.165, 1.54) is 0 Å². The number of halogens is 7. The van der Waals surface area contributed by atoms with Crippen molar-refractivity contribution in [2.75, 3.05) is 0 Å². The van der Waals surface area contributed by atoms with E-state index in [-0.39, 0.29) is 0 Å². The largest absolute Gasteiger partial charge is 0.490 e. The van der Waals surface area contributed by atoms with Gasteiger partial charge in [-0.15, -0.1) is 0 Å². The summed E-state index contributed by atoms with van der Waals surface area (Å²) in [4.78, 5) is 26.1. The molecule has 0 bridgehead atoms. The fourth-order valence-corrected chi connectivity index (χ4v) is 2.06. The van der Waals surface area contributed by atoms with Crippen molar-refractivity contribution in [3.8, 4) is 11.4 Å². The standard InChI is InChI=1S/C14H11BrN4O.2C2HF3O2/c15-11-3-1-9(2-4-11)12(16)14-18-13(19-20-14)10-5-7-17-8-6-10;2*3-2(4,5)1(6)7/h1-8,12H,16H2;2*(H,6,7). The number of hydrogen-bond donors (Lipinski definition) is 3. The van der Waals surface area contributed by atoms with E-state index in [1.54, 1.807) is 12.4 Å². The number of aromatic nitrogens is 3. The molecule has 0 amide bonds. The van der Waals surface area contributed by atoms with E-state index in [0.29, 0.717) is 11.7 Å². The van der Waals surface area contributed by atoms with Crippen LogP contribution in [0, 0.1) is 0 Å². The van der Waals surface area contributed by atoms with Gasteiger partial charge in [-0.1, -0.05) is 33.2 Å². The molecule has 0 aliphatic rings. The molecule has 0 radical (unpaired) electrons. The molecule has 0 aliphatic heterocycles. The number of aliphatic carboxylic acids is 2. The summed E-state index contributed by atoms with van der Waals surface area (Å²) < 4.78 is 69.7. The number of carbonyl (C=O) groups is 2. The maximum atomic E-state index is 10.6. The maximum Gasteiger partial charge on any atom is 0.490 e. The zero-order valence-electron chi connectivity index (χ0n) is 16.4. The monoisotopic (exact) mass is 558 g/mol. The van der Waals surface area contributed by atoms with Gasteiger partial charge in [0.25, 0.3) is 0 Å². The summed E-state index contributed by atoms with van der Waals surface area (Å²) in [5.74, 6) is -4.62. The van der Waals surface area contributed by atoms with Crippen LogP contribution in [0.1, 0.15) is 17.5 Å². The van der Waals surface area contributed by atoms with Gasteiger partial charge in [-0.25, -0.2) is 9.59 Å². The predicted octanol–water partition coefficient (Wildman–Crippen LogP) is 4.21.